The van der Waals surface area contributed by atoms with E-state index in [9.17, 15) is 5.26 Å². The Kier molecular flexibility index (Phi) is 4.24. The Hall–Kier alpha value is -1.37. The quantitative estimate of drug-likeness (QED) is 0.900. The molecule has 0 saturated carbocycles. The summed E-state index contributed by atoms with van der Waals surface area (Å²) in [6.45, 7) is 4.03. The van der Waals surface area contributed by atoms with Crippen molar-refractivity contribution in [2.45, 2.75) is 31.2 Å². The minimum atomic E-state index is -0.501. The Balaban J connectivity index is 2.26. The molecule has 3 heteroatoms. The van der Waals surface area contributed by atoms with Crippen molar-refractivity contribution in [2.75, 3.05) is 27.2 Å². The maximum Gasteiger partial charge on any atom is 0.132 e. The molecule has 1 aliphatic carbocycles. The van der Waals surface area contributed by atoms with E-state index in [2.05, 4.69) is 55.5 Å². The van der Waals surface area contributed by atoms with Gasteiger partial charge in [-0.25, -0.2) is 0 Å². The van der Waals surface area contributed by atoms with Crippen LogP contribution in [0.2, 0.25) is 0 Å². The van der Waals surface area contributed by atoms with Gasteiger partial charge in [0.25, 0.3) is 0 Å². The Morgan fingerprint density at radius 3 is 2.84 bits per heavy atom. The lowest BCUT2D eigenvalue weighted by Crippen LogP contribution is -2.46. The highest BCUT2D eigenvalue weighted by atomic mass is 15.1. The van der Waals surface area contributed by atoms with Crippen LogP contribution in [-0.2, 0) is 5.54 Å². The number of fused-ring (bicyclic) bond motifs is 1. The van der Waals surface area contributed by atoms with E-state index >= 15 is 0 Å². The molecule has 0 spiro atoms. The van der Waals surface area contributed by atoms with E-state index in [1.54, 1.807) is 0 Å². The van der Waals surface area contributed by atoms with E-state index in [1.165, 1.54) is 11.1 Å². The summed E-state index contributed by atoms with van der Waals surface area (Å²) in [6.07, 6.45) is 1.97. The third-order valence-electron chi connectivity index (χ3n) is 4.08. The van der Waals surface area contributed by atoms with E-state index in [1.807, 2.05) is 6.07 Å². The van der Waals surface area contributed by atoms with E-state index in [0.717, 1.165) is 25.9 Å². The SMILES string of the molecule is CC1CCC(C#N)(NCCN(C)C)c2ccccc21. The third-order valence-corrected chi connectivity index (χ3v) is 4.08. The Bertz CT molecular complexity index is 475. The highest BCUT2D eigenvalue weighted by molar-refractivity contribution is 5.42. The molecule has 0 amide bonds. The standard InChI is InChI=1S/C16H23N3/c1-13-8-9-16(12-17,18-10-11-19(2)3)15-7-5-4-6-14(13)15/h4-7,13,18H,8-11H2,1-3H3. The van der Waals surface area contributed by atoms with Gasteiger partial charge in [-0.15, -0.1) is 0 Å². The van der Waals surface area contributed by atoms with Crippen molar-refractivity contribution in [1.82, 2.24) is 10.2 Å². The van der Waals surface area contributed by atoms with Crippen molar-refractivity contribution in [2.24, 2.45) is 0 Å². The molecule has 3 nitrogen and oxygen atoms in total. The Morgan fingerprint density at radius 1 is 1.42 bits per heavy atom. The van der Waals surface area contributed by atoms with Crippen LogP contribution in [0, 0.1) is 11.3 Å². The van der Waals surface area contributed by atoms with Gasteiger partial charge in [-0.2, -0.15) is 5.26 Å². The zero-order valence-corrected chi connectivity index (χ0v) is 12.1. The molecule has 0 bridgehead atoms. The van der Waals surface area contributed by atoms with Crippen LogP contribution >= 0.6 is 0 Å². The van der Waals surface area contributed by atoms with E-state index in [0.29, 0.717) is 5.92 Å². The summed E-state index contributed by atoms with van der Waals surface area (Å²) < 4.78 is 0. The number of nitrogens with zero attached hydrogens (tertiary/aromatic N) is 2. The van der Waals surface area contributed by atoms with Crippen molar-refractivity contribution in [1.29, 1.82) is 5.26 Å². The van der Waals surface area contributed by atoms with Crippen molar-refractivity contribution < 1.29 is 0 Å². The van der Waals surface area contributed by atoms with Crippen molar-refractivity contribution in [3.63, 3.8) is 0 Å². The largest absolute Gasteiger partial charge is 0.308 e. The van der Waals surface area contributed by atoms with E-state index < -0.39 is 5.54 Å². The highest BCUT2D eigenvalue weighted by Crippen LogP contribution is 2.40. The van der Waals surface area contributed by atoms with Gasteiger partial charge in [-0.3, -0.25) is 5.32 Å². The van der Waals surface area contributed by atoms with Gasteiger partial charge in [0.2, 0.25) is 0 Å². The molecule has 0 radical (unpaired) electrons. The van der Waals surface area contributed by atoms with Crippen LogP contribution in [0.25, 0.3) is 0 Å². The number of nitrogens with one attached hydrogen (secondary N) is 1. The fraction of sp³-hybridized carbons (Fsp3) is 0.562. The highest BCUT2D eigenvalue weighted by Gasteiger charge is 2.38. The molecule has 1 aromatic rings. The molecule has 2 unspecified atom stereocenters. The molecule has 1 aromatic carbocycles. The normalized spacial score (nSPS) is 25.9. The van der Waals surface area contributed by atoms with Crippen LogP contribution in [-0.4, -0.2) is 32.1 Å². The second-order valence-electron chi connectivity index (χ2n) is 5.77. The minimum absolute atomic E-state index is 0.501. The van der Waals surface area contributed by atoms with Crippen LogP contribution in [0.15, 0.2) is 24.3 Å². The lowest BCUT2D eigenvalue weighted by molar-refractivity contribution is 0.318. The molecule has 19 heavy (non-hydrogen) atoms. The summed E-state index contributed by atoms with van der Waals surface area (Å²) in [4.78, 5) is 2.13. The molecule has 1 aliphatic rings. The number of nitriles is 1. The summed E-state index contributed by atoms with van der Waals surface area (Å²) in [5.41, 5.74) is 2.00. The number of likely N-dealkylation sites (N-methyl/N-ethyl adjacent to an activating group) is 1. The zero-order chi connectivity index (χ0) is 13.9. The van der Waals surface area contributed by atoms with Crippen LogP contribution in [0.5, 0.6) is 0 Å². The molecule has 0 saturated heterocycles. The average Bonchev–Trinajstić information content (AvgIpc) is 2.42. The lowest BCUT2D eigenvalue weighted by atomic mass is 9.73. The predicted molar refractivity (Wildman–Crippen MR) is 77.9 cm³/mol. The Labute approximate surface area is 116 Å². The maximum atomic E-state index is 9.71. The molecule has 0 aliphatic heterocycles. The number of benzene rings is 1. The molecule has 0 heterocycles. The average molecular weight is 257 g/mol. The molecular formula is C16H23N3. The molecule has 1 N–H and O–H groups in total. The molecule has 0 fully saturated rings. The molecular weight excluding hydrogens is 234 g/mol. The van der Waals surface area contributed by atoms with Gasteiger partial charge in [-0.05, 0) is 44.0 Å². The van der Waals surface area contributed by atoms with Crippen LogP contribution in [0.4, 0.5) is 0 Å². The second-order valence-corrected chi connectivity index (χ2v) is 5.77. The predicted octanol–water partition coefficient (Wildman–Crippen LogP) is 2.45. The molecule has 0 aromatic heterocycles. The fourth-order valence-electron chi connectivity index (χ4n) is 2.87. The third kappa shape index (κ3) is 2.80. The summed E-state index contributed by atoms with van der Waals surface area (Å²) in [7, 11) is 4.11. The van der Waals surface area contributed by atoms with Gasteiger partial charge in [0.1, 0.15) is 5.54 Å². The second kappa shape index (κ2) is 5.73. The van der Waals surface area contributed by atoms with Crippen molar-refractivity contribution in [3.8, 4) is 6.07 Å². The Morgan fingerprint density at radius 2 is 2.16 bits per heavy atom. The van der Waals surface area contributed by atoms with Gasteiger partial charge in [0, 0.05) is 13.1 Å². The van der Waals surface area contributed by atoms with E-state index in [-0.39, 0.29) is 0 Å². The topological polar surface area (TPSA) is 39.1 Å². The summed E-state index contributed by atoms with van der Waals surface area (Å²) in [5.74, 6) is 0.549. The van der Waals surface area contributed by atoms with Gasteiger partial charge in [0.15, 0.2) is 0 Å². The molecule has 2 rings (SSSR count). The minimum Gasteiger partial charge on any atom is -0.308 e. The number of hydrogen-bond acceptors (Lipinski definition) is 3. The summed E-state index contributed by atoms with van der Waals surface area (Å²) in [6, 6.07) is 10.9. The van der Waals surface area contributed by atoms with Gasteiger partial charge < -0.3 is 4.90 Å². The zero-order valence-electron chi connectivity index (χ0n) is 12.1. The first-order chi connectivity index (χ1) is 9.09. The molecule has 102 valence electrons. The first-order valence-corrected chi connectivity index (χ1v) is 6.99. The smallest absolute Gasteiger partial charge is 0.132 e. The lowest BCUT2D eigenvalue weighted by Gasteiger charge is -2.37. The van der Waals surface area contributed by atoms with Crippen molar-refractivity contribution >= 4 is 0 Å². The fourth-order valence-corrected chi connectivity index (χ4v) is 2.87. The van der Waals surface area contributed by atoms with Crippen LogP contribution in [0.3, 0.4) is 0 Å². The number of rotatable bonds is 4. The van der Waals surface area contributed by atoms with Crippen LogP contribution < -0.4 is 5.32 Å². The first-order valence-electron chi connectivity index (χ1n) is 6.99. The first kappa shape index (κ1) is 14.0. The molecule has 2 atom stereocenters. The number of hydrogen-bond donors (Lipinski definition) is 1. The van der Waals surface area contributed by atoms with Gasteiger partial charge in [-0.1, -0.05) is 31.2 Å². The maximum absolute atomic E-state index is 9.71. The van der Waals surface area contributed by atoms with Crippen molar-refractivity contribution in [3.05, 3.63) is 35.4 Å². The van der Waals surface area contributed by atoms with Crippen LogP contribution in [0.1, 0.15) is 36.8 Å². The van der Waals surface area contributed by atoms with E-state index in [4.69, 9.17) is 0 Å². The summed E-state index contributed by atoms with van der Waals surface area (Å²) in [5, 5.41) is 13.2. The van der Waals surface area contributed by atoms with Gasteiger partial charge >= 0.3 is 0 Å². The van der Waals surface area contributed by atoms with Gasteiger partial charge in [0.05, 0.1) is 6.07 Å². The summed E-state index contributed by atoms with van der Waals surface area (Å²) >= 11 is 0. The monoisotopic (exact) mass is 257 g/mol.